The molecular weight excluding hydrogens is 375 g/mol. The second kappa shape index (κ2) is 5.00. The second-order valence-corrected chi connectivity index (χ2v) is 5.95. The fourth-order valence-electron chi connectivity index (χ4n) is 2.36. The highest BCUT2D eigenvalue weighted by atomic mass is 127. The Morgan fingerprint density at radius 1 is 1.00 bits per heavy atom. The summed E-state index contributed by atoms with van der Waals surface area (Å²) >= 11 is 2.29. The summed E-state index contributed by atoms with van der Waals surface area (Å²) in [6, 6.07) is 16.3. The van der Waals surface area contributed by atoms with Crippen LogP contribution < -0.4 is 5.32 Å². The van der Waals surface area contributed by atoms with E-state index in [9.17, 15) is 0 Å². The Balaban J connectivity index is 1.90. The molecule has 0 fully saturated rings. The number of rotatable bonds is 2. The number of imidazole rings is 1. The molecule has 0 bridgehead atoms. The lowest BCUT2D eigenvalue weighted by Gasteiger charge is -2.09. The van der Waals surface area contributed by atoms with Crippen molar-refractivity contribution in [3.63, 3.8) is 0 Å². The van der Waals surface area contributed by atoms with Gasteiger partial charge in [-0.25, -0.2) is 9.97 Å². The van der Waals surface area contributed by atoms with Crippen LogP contribution in [-0.2, 0) is 0 Å². The Morgan fingerprint density at radius 3 is 2.67 bits per heavy atom. The predicted molar refractivity (Wildman–Crippen MR) is 92.9 cm³/mol. The van der Waals surface area contributed by atoms with Crippen molar-refractivity contribution in [1.82, 2.24) is 14.4 Å². The molecule has 0 aliphatic rings. The van der Waals surface area contributed by atoms with Crippen molar-refractivity contribution < 1.29 is 0 Å². The van der Waals surface area contributed by atoms with Gasteiger partial charge in [0.15, 0.2) is 11.5 Å². The molecular formula is C16H11IN4. The first-order chi connectivity index (χ1) is 10.3. The van der Waals surface area contributed by atoms with E-state index in [1.807, 2.05) is 42.6 Å². The summed E-state index contributed by atoms with van der Waals surface area (Å²) in [7, 11) is 0. The average Bonchev–Trinajstić information content (AvgIpc) is 3.00. The number of nitrogens with one attached hydrogen (secondary N) is 1. The molecule has 21 heavy (non-hydrogen) atoms. The van der Waals surface area contributed by atoms with Crippen molar-refractivity contribution in [3.05, 3.63) is 64.5 Å². The third-order valence-corrected chi connectivity index (χ3v) is 4.05. The highest BCUT2D eigenvalue weighted by Crippen LogP contribution is 2.23. The molecule has 0 radical (unpaired) electrons. The van der Waals surface area contributed by atoms with Gasteiger partial charge in [-0.3, -0.25) is 4.40 Å². The van der Waals surface area contributed by atoms with Gasteiger partial charge in [-0.2, -0.15) is 0 Å². The number of para-hydroxylation sites is 2. The van der Waals surface area contributed by atoms with Crippen LogP contribution in [0.15, 0.2) is 60.9 Å². The van der Waals surface area contributed by atoms with Gasteiger partial charge in [-0.05, 0) is 59.0 Å². The maximum atomic E-state index is 4.70. The van der Waals surface area contributed by atoms with Gasteiger partial charge in [0.25, 0.3) is 0 Å². The molecule has 102 valence electrons. The van der Waals surface area contributed by atoms with E-state index in [4.69, 9.17) is 4.98 Å². The fourth-order valence-corrected chi connectivity index (χ4v) is 2.72. The molecule has 0 unspecified atom stereocenters. The zero-order valence-electron chi connectivity index (χ0n) is 11.0. The molecule has 0 aliphatic heterocycles. The Kier molecular flexibility index (Phi) is 2.99. The van der Waals surface area contributed by atoms with Crippen LogP contribution in [0.1, 0.15) is 0 Å². The van der Waals surface area contributed by atoms with Crippen molar-refractivity contribution in [2.24, 2.45) is 0 Å². The van der Waals surface area contributed by atoms with Crippen LogP contribution in [0.3, 0.4) is 0 Å². The van der Waals surface area contributed by atoms with Crippen LogP contribution in [0, 0.1) is 3.57 Å². The number of benzene rings is 2. The monoisotopic (exact) mass is 386 g/mol. The minimum atomic E-state index is 0.764. The van der Waals surface area contributed by atoms with Crippen LogP contribution in [0.5, 0.6) is 0 Å². The van der Waals surface area contributed by atoms with Crippen molar-refractivity contribution in [2.45, 2.75) is 0 Å². The first kappa shape index (κ1) is 12.6. The van der Waals surface area contributed by atoms with Gasteiger partial charge in [0.1, 0.15) is 0 Å². The lowest BCUT2D eigenvalue weighted by atomic mass is 10.3. The number of hydrogen-bond donors (Lipinski definition) is 1. The lowest BCUT2D eigenvalue weighted by molar-refractivity contribution is 1.21. The molecule has 4 aromatic rings. The fraction of sp³-hybridized carbons (Fsp3) is 0. The van der Waals surface area contributed by atoms with Crippen LogP contribution in [0.2, 0.25) is 0 Å². The lowest BCUT2D eigenvalue weighted by Crippen LogP contribution is -1.99. The number of hydrogen-bond acceptors (Lipinski definition) is 3. The standard InChI is InChI=1S/C16H11IN4/c17-11-5-7-12(8-6-11)19-15-16-18-9-10-21(16)14-4-2-1-3-13(14)20-15/h1-10H,(H,19,20). The summed E-state index contributed by atoms with van der Waals surface area (Å²) in [5.74, 6) is 0.764. The molecule has 2 heterocycles. The van der Waals surface area contributed by atoms with E-state index in [-0.39, 0.29) is 0 Å². The van der Waals surface area contributed by atoms with Gasteiger partial charge in [-0.1, -0.05) is 12.1 Å². The summed E-state index contributed by atoms with van der Waals surface area (Å²) < 4.78 is 3.26. The van der Waals surface area contributed by atoms with E-state index in [1.165, 1.54) is 3.57 Å². The summed E-state index contributed by atoms with van der Waals surface area (Å²) in [4.78, 5) is 9.12. The first-order valence-corrected chi connectivity index (χ1v) is 7.63. The third kappa shape index (κ3) is 2.23. The van der Waals surface area contributed by atoms with Crippen molar-refractivity contribution in [1.29, 1.82) is 0 Å². The number of aromatic nitrogens is 3. The molecule has 4 nitrogen and oxygen atoms in total. The average molecular weight is 386 g/mol. The number of anilines is 2. The van der Waals surface area contributed by atoms with Crippen molar-refractivity contribution >= 4 is 50.8 Å². The van der Waals surface area contributed by atoms with Crippen molar-refractivity contribution in [3.8, 4) is 0 Å². The van der Waals surface area contributed by atoms with Crippen LogP contribution in [0.25, 0.3) is 16.7 Å². The molecule has 2 aromatic carbocycles. The largest absolute Gasteiger partial charge is 0.337 e. The highest BCUT2D eigenvalue weighted by Gasteiger charge is 2.09. The summed E-state index contributed by atoms with van der Waals surface area (Å²) in [5, 5.41) is 3.35. The third-order valence-electron chi connectivity index (χ3n) is 3.33. The van der Waals surface area contributed by atoms with Crippen LogP contribution in [-0.4, -0.2) is 14.4 Å². The van der Waals surface area contributed by atoms with E-state index in [0.717, 1.165) is 28.2 Å². The summed E-state index contributed by atoms with van der Waals surface area (Å²) in [6.07, 6.45) is 3.75. The van der Waals surface area contributed by atoms with Gasteiger partial charge in [0.05, 0.1) is 11.0 Å². The molecule has 0 saturated heterocycles. The van der Waals surface area contributed by atoms with Gasteiger partial charge in [-0.15, -0.1) is 0 Å². The number of halogens is 1. The van der Waals surface area contributed by atoms with E-state index in [2.05, 4.69) is 49.4 Å². The van der Waals surface area contributed by atoms with E-state index in [1.54, 1.807) is 6.20 Å². The minimum absolute atomic E-state index is 0.764. The highest BCUT2D eigenvalue weighted by molar-refractivity contribution is 14.1. The van der Waals surface area contributed by atoms with E-state index >= 15 is 0 Å². The molecule has 5 heteroatoms. The van der Waals surface area contributed by atoms with Gasteiger partial charge < -0.3 is 5.32 Å². The smallest absolute Gasteiger partial charge is 0.180 e. The number of fused-ring (bicyclic) bond motifs is 3. The van der Waals surface area contributed by atoms with E-state index < -0.39 is 0 Å². The second-order valence-electron chi connectivity index (χ2n) is 4.70. The molecule has 2 aromatic heterocycles. The summed E-state index contributed by atoms with van der Waals surface area (Å²) in [5.41, 5.74) is 3.82. The van der Waals surface area contributed by atoms with Crippen LogP contribution in [0.4, 0.5) is 11.5 Å². The van der Waals surface area contributed by atoms with Gasteiger partial charge in [0, 0.05) is 21.7 Å². The molecule has 0 atom stereocenters. The molecule has 0 amide bonds. The Morgan fingerprint density at radius 2 is 1.81 bits per heavy atom. The maximum Gasteiger partial charge on any atom is 0.180 e. The maximum absolute atomic E-state index is 4.70. The van der Waals surface area contributed by atoms with E-state index in [0.29, 0.717) is 0 Å². The first-order valence-electron chi connectivity index (χ1n) is 6.56. The summed E-state index contributed by atoms with van der Waals surface area (Å²) in [6.45, 7) is 0. The molecule has 4 rings (SSSR count). The van der Waals surface area contributed by atoms with Gasteiger partial charge >= 0.3 is 0 Å². The zero-order valence-corrected chi connectivity index (χ0v) is 13.2. The quantitative estimate of drug-likeness (QED) is 0.525. The van der Waals surface area contributed by atoms with Gasteiger partial charge in [0.2, 0.25) is 0 Å². The Labute approximate surface area is 135 Å². The minimum Gasteiger partial charge on any atom is -0.337 e. The SMILES string of the molecule is Ic1ccc(Nc2nc3ccccc3n3ccnc23)cc1. The topological polar surface area (TPSA) is 42.2 Å². The molecule has 0 saturated carbocycles. The Hall–Kier alpha value is -2.15. The molecule has 0 spiro atoms. The zero-order chi connectivity index (χ0) is 14.2. The Bertz CT molecular complexity index is 928. The predicted octanol–water partition coefficient (Wildman–Crippen LogP) is 4.23. The molecule has 0 aliphatic carbocycles. The number of nitrogens with zero attached hydrogens (tertiary/aromatic N) is 3. The molecule has 1 N–H and O–H groups in total. The van der Waals surface area contributed by atoms with Crippen LogP contribution >= 0.6 is 22.6 Å². The normalized spacial score (nSPS) is 11.1. The van der Waals surface area contributed by atoms with Crippen molar-refractivity contribution in [2.75, 3.05) is 5.32 Å².